The molecule has 0 aromatic heterocycles. The second-order valence-corrected chi connectivity index (χ2v) is 8.55. The summed E-state index contributed by atoms with van der Waals surface area (Å²) in [6.45, 7) is -0.524. The van der Waals surface area contributed by atoms with Gasteiger partial charge in [-0.15, -0.1) is 0 Å². The predicted octanol–water partition coefficient (Wildman–Crippen LogP) is 2.59. The predicted molar refractivity (Wildman–Crippen MR) is 107 cm³/mol. The van der Waals surface area contributed by atoms with Gasteiger partial charge in [-0.3, -0.25) is 19.3 Å². The van der Waals surface area contributed by atoms with Crippen LogP contribution in [0, 0.1) is 0 Å². The first-order chi connectivity index (χ1) is 13.5. The van der Waals surface area contributed by atoms with Crippen LogP contribution in [0.15, 0.2) is 36.4 Å². The minimum atomic E-state index is -3.92. The fraction of sp³-hybridized carbons (Fsp3) is 0.167. The van der Waals surface area contributed by atoms with Crippen molar-refractivity contribution in [1.29, 1.82) is 0 Å². The molecule has 0 fully saturated rings. The molecule has 29 heavy (non-hydrogen) atoms. The van der Waals surface area contributed by atoms with Gasteiger partial charge in [0, 0.05) is 7.05 Å². The molecule has 0 saturated heterocycles. The number of carbonyl (C=O) groups excluding carboxylic acids is 3. The normalized spacial score (nSPS) is 13.4. The van der Waals surface area contributed by atoms with E-state index in [4.69, 9.17) is 27.4 Å². The molecule has 152 valence electrons. The van der Waals surface area contributed by atoms with E-state index in [1.165, 1.54) is 31.3 Å². The Kier molecular flexibility index (Phi) is 5.57. The lowest BCUT2D eigenvalue weighted by Gasteiger charge is -2.22. The summed E-state index contributed by atoms with van der Waals surface area (Å²) >= 11 is 12.1. The third-order valence-corrected chi connectivity index (χ3v) is 5.30. The number of carbonyl (C=O) groups is 3. The van der Waals surface area contributed by atoms with Gasteiger partial charge in [0.2, 0.25) is 5.91 Å². The van der Waals surface area contributed by atoms with Gasteiger partial charge in [-0.2, -0.15) is 8.42 Å². The molecule has 0 N–H and O–H groups in total. The zero-order valence-corrected chi connectivity index (χ0v) is 17.5. The molecule has 11 heteroatoms. The Hall–Kier alpha value is -2.62. The summed E-state index contributed by atoms with van der Waals surface area (Å²) in [6.07, 6.45) is 0.823. The summed E-state index contributed by atoms with van der Waals surface area (Å²) in [5.74, 6) is -2.10. The van der Waals surface area contributed by atoms with E-state index in [0.717, 1.165) is 16.1 Å². The third-order valence-electron chi connectivity index (χ3n) is 4.17. The van der Waals surface area contributed by atoms with E-state index in [2.05, 4.69) is 0 Å². The molecule has 1 aliphatic heterocycles. The van der Waals surface area contributed by atoms with Crippen molar-refractivity contribution in [3.8, 4) is 5.75 Å². The molecule has 0 saturated carbocycles. The minimum Gasteiger partial charge on any atom is -0.379 e. The molecule has 8 nitrogen and oxygen atoms in total. The van der Waals surface area contributed by atoms with Crippen molar-refractivity contribution in [2.24, 2.45) is 0 Å². The van der Waals surface area contributed by atoms with Gasteiger partial charge in [0.25, 0.3) is 11.8 Å². The molecule has 0 atom stereocenters. The Morgan fingerprint density at radius 1 is 1.07 bits per heavy atom. The van der Waals surface area contributed by atoms with Crippen LogP contribution in [0.3, 0.4) is 0 Å². The van der Waals surface area contributed by atoms with E-state index >= 15 is 0 Å². The Labute approximate surface area is 176 Å². The van der Waals surface area contributed by atoms with Gasteiger partial charge in [-0.05, 0) is 24.3 Å². The second kappa shape index (κ2) is 7.66. The van der Waals surface area contributed by atoms with Crippen molar-refractivity contribution in [2.75, 3.05) is 24.7 Å². The maximum atomic E-state index is 12.7. The maximum Gasteiger partial charge on any atom is 0.306 e. The molecule has 0 bridgehead atoms. The smallest absolute Gasteiger partial charge is 0.306 e. The Morgan fingerprint density at radius 3 is 2.14 bits per heavy atom. The summed E-state index contributed by atoms with van der Waals surface area (Å²) in [7, 11) is -2.56. The van der Waals surface area contributed by atoms with E-state index < -0.39 is 34.4 Å². The second-order valence-electron chi connectivity index (χ2n) is 6.19. The molecule has 1 aliphatic rings. The number of amides is 3. The van der Waals surface area contributed by atoms with Gasteiger partial charge in [0.1, 0.15) is 11.6 Å². The Balaban J connectivity index is 1.86. The summed E-state index contributed by atoms with van der Waals surface area (Å²) in [6, 6.07) is 8.97. The van der Waals surface area contributed by atoms with Crippen molar-refractivity contribution in [3.05, 3.63) is 57.6 Å². The summed E-state index contributed by atoms with van der Waals surface area (Å²) in [4.78, 5) is 39.5. The van der Waals surface area contributed by atoms with Crippen molar-refractivity contribution in [3.63, 3.8) is 0 Å². The molecule has 2 aromatic rings. The highest BCUT2D eigenvalue weighted by molar-refractivity contribution is 7.86. The highest BCUT2D eigenvalue weighted by Gasteiger charge is 2.37. The van der Waals surface area contributed by atoms with Crippen LogP contribution in [0.25, 0.3) is 0 Å². The first kappa shape index (κ1) is 21.1. The van der Waals surface area contributed by atoms with Gasteiger partial charge in [-0.1, -0.05) is 35.3 Å². The maximum absolute atomic E-state index is 12.7. The number of imide groups is 1. The largest absolute Gasteiger partial charge is 0.379 e. The Morgan fingerprint density at radius 2 is 1.62 bits per heavy atom. The Bertz CT molecular complexity index is 1110. The molecular formula is C18H14Cl2N2O6S. The highest BCUT2D eigenvalue weighted by atomic mass is 35.5. The lowest BCUT2D eigenvalue weighted by Crippen LogP contribution is -2.41. The SMILES string of the molecule is CN(C(=O)CN1C(=O)c2ccccc2C1=O)c1ccc(Cl)c(OS(C)(=O)=O)c1Cl. The van der Waals surface area contributed by atoms with Crippen LogP contribution in [0.2, 0.25) is 10.0 Å². The number of hydrogen-bond acceptors (Lipinski definition) is 6. The number of nitrogens with zero attached hydrogens (tertiary/aromatic N) is 2. The number of fused-ring (bicyclic) bond motifs is 1. The number of halogens is 2. The van der Waals surface area contributed by atoms with Crippen LogP contribution < -0.4 is 9.08 Å². The summed E-state index contributed by atoms with van der Waals surface area (Å²) in [5, 5.41) is -0.272. The highest BCUT2D eigenvalue weighted by Crippen LogP contribution is 2.40. The van der Waals surface area contributed by atoms with E-state index in [-0.39, 0.29) is 32.6 Å². The number of hydrogen-bond donors (Lipinski definition) is 0. The van der Waals surface area contributed by atoms with Gasteiger partial charge < -0.3 is 9.08 Å². The van der Waals surface area contributed by atoms with Gasteiger partial charge >= 0.3 is 10.1 Å². The molecule has 3 rings (SSSR count). The molecule has 0 radical (unpaired) electrons. The molecule has 0 aliphatic carbocycles. The van der Waals surface area contributed by atoms with Crippen LogP contribution >= 0.6 is 23.2 Å². The molecule has 0 unspecified atom stereocenters. The van der Waals surface area contributed by atoms with E-state index in [9.17, 15) is 22.8 Å². The van der Waals surface area contributed by atoms with Gasteiger partial charge in [-0.25, -0.2) is 0 Å². The quantitative estimate of drug-likeness (QED) is 0.506. The first-order valence-corrected chi connectivity index (χ1v) is 10.7. The lowest BCUT2D eigenvalue weighted by molar-refractivity contribution is -0.118. The average Bonchev–Trinajstić information content (AvgIpc) is 2.89. The molecule has 1 heterocycles. The standard InChI is InChI=1S/C18H14Cl2N2O6S/c1-21(13-8-7-12(19)16(15(13)20)28-29(2,26)27)14(23)9-22-17(24)10-5-3-4-6-11(10)18(22)25/h3-8H,9H2,1-2H3. The van der Waals surface area contributed by atoms with E-state index in [0.29, 0.717) is 0 Å². The van der Waals surface area contributed by atoms with Crippen molar-refractivity contribution in [2.45, 2.75) is 0 Å². The molecule has 2 aromatic carbocycles. The topological polar surface area (TPSA) is 101 Å². The monoisotopic (exact) mass is 456 g/mol. The summed E-state index contributed by atoms with van der Waals surface area (Å²) in [5.41, 5.74) is 0.541. The number of rotatable bonds is 5. The van der Waals surface area contributed by atoms with Crippen molar-refractivity contribution >= 4 is 56.7 Å². The zero-order chi connectivity index (χ0) is 21.5. The summed E-state index contributed by atoms with van der Waals surface area (Å²) < 4.78 is 27.7. The van der Waals surface area contributed by atoms with Crippen LogP contribution in [-0.2, 0) is 14.9 Å². The van der Waals surface area contributed by atoms with Crippen LogP contribution in [0.4, 0.5) is 5.69 Å². The van der Waals surface area contributed by atoms with Crippen LogP contribution in [0.5, 0.6) is 5.75 Å². The number of anilines is 1. The third kappa shape index (κ3) is 4.07. The van der Waals surface area contributed by atoms with E-state index in [1.54, 1.807) is 12.1 Å². The number of benzene rings is 2. The first-order valence-electron chi connectivity index (χ1n) is 8.10. The van der Waals surface area contributed by atoms with Gasteiger partial charge in [0.15, 0.2) is 5.75 Å². The van der Waals surface area contributed by atoms with E-state index in [1.807, 2.05) is 0 Å². The number of likely N-dealkylation sites (N-methyl/N-ethyl adjacent to an activating group) is 1. The molecular weight excluding hydrogens is 443 g/mol. The van der Waals surface area contributed by atoms with Crippen molar-refractivity contribution in [1.82, 2.24) is 4.90 Å². The van der Waals surface area contributed by atoms with Crippen LogP contribution in [0.1, 0.15) is 20.7 Å². The fourth-order valence-electron chi connectivity index (χ4n) is 2.77. The minimum absolute atomic E-state index is 0.0645. The lowest BCUT2D eigenvalue weighted by atomic mass is 10.1. The van der Waals surface area contributed by atoms with Crippen molar-refractivity contribution < 1.29 is 27.0 Å². The van der Waals surface area contributed by atoms with Crippen LogP contribution in [-0.4, -0.2) is 50.9 Å². The molecule has 3 amide bonds. The van der Waals surface area contributed by atoms with Gasteiger partial charge in [0.05, 0.1) is 28.1 Å². The fourth-order valence-corrected chi connectivity index (χ4v) is 3.91. The average molecular weight is 457 g/mol. The zero-order valence-electron chi connectivity index (χ0n) is 15.2. The molecule has 0 spiro atoms.